The van der Waals surface area contributed by atoms with Crippen LogP contribution in [0.25, 0.3) is 0 Å². The van der Waals surface area contributed by atoms with E-state index in [-0.39, 0.29) is 23.9 Å². The molecular weight excluding hydrogens is 238 g/mol. The van der Waals surface area contributed by atoms with Gasteiger partial charge in [-0.3, -0.25) is 9.69 Å². The van der Waals surface area contributed by atoms with Crippen LogP contribution in [0.15, 0.2) is 0 Å². The summed E-state index contributed by atoms with van der Waals surface area (Å²) < 4.78 is 0. The lowest BCUT2D eigenvalue weighted by Crippen LogP contribution is -2.47. The number of nitrogens with one attached hydrogen (secondary N) is 2. The van der Waals surface area contributed by atoms with Crippen molar-refractivity contribution in [3.05, 3.63) is 0 Å². The number of halogens is 1. The van der Waals surface area contributed by atoms with Gasteiger partial charge in [0.25, 0.3) is 0 Å². The zero-order valence-electron chi connectivity index (χ0n) is 11.4. The second-order valence-electron chi connectivity index (χ2n) is 5.30. The Bertz CT molecular complexity index is 246. The first-order chi connectivity index (χ1) is 7.46. The highest BCUT2D eigenvalue weighted by atomic mass is 35.5. The van der Waals surface area contributed by atoms with Crippen molar-refractivity contribution in [2.24, 2.45) is 0 Å². The lowest BCUT2D eigenvalue weighted by molar-refractivity contribution is -0.123. The van der Waals surface area contributed by atoms with Crippen LogP contribution < -0.4 is 10.6 Å². The van der Waals surface area contributed by atoms with E-state index in [9.17, 15) is 4.79 Å². The lowest BCUT2D eigenvalue weighted by atomic mass is 10.0. The predicted molar refractivity (Wildman–Crippen MR) is 73.7 cm³/mol. The summed E-state index contributed by atoms with van der Waals surface area (Å²) in [7, 11) is 1.98. The summed E-state index contributed by atoms with van der Waals surface area (Å²) in [6.45, 7) is 8.74. The first-order valence-corrected chi connectivity index (χ1v) is 6.17. The molecule has 5 heteroatoms. The van der Waals surface area contributed by atoms with Gasteiger partial charge in [-0.25, -0.2) is 0 Å². The third-order valence-corrected chi connectivity index (χ3v) is 3.41. The Labute approximate surface area is 111 Å². The van der Waals surface area contributed by atoms with Gasteiger partial charge in [0.05, 0.1) is 6.54 Å². The summed E-state index contributed by atoms with van der Waals surface area (Å²) in [6.07, 6.45) is 2.10. The summed E-state index contributed by atoms with van der Waals surface area (Å²) >= 11 is 0. The van der Waals surface area contributed by atoms with Crippen LogP contribution in [0.3, 0.4) is 0 Å². The number of hydrogen-bond acceptors (Lipinski definition) is 3. The van der Waals surface area contributed by atoms with Crippen LogP contribution in [-0.2, 0) is 4.79 Å². The molecule has 1 heterocycles. The standard InChI is InChI=1S/C12H25N3O.ClH/c1-5-12(2,3)14-11(16)9-15-7-6-10(8-15)13-4;/h10,13H,5-9H2,1-4H3,(H,14,16);1H. The lowest BCUT2D eigenvalue weighted by Gasteiger charge is -2.26. The molecule has 102 valence electrons. The quantitative estimate of drug-likeness (QED) is 0.778. The van der Waals surface area contributed by atoms with Gasteiger partial charge in [-0.05, 0) is 33.7 Å². The molecule has 0 aromatic heterocycles. The third kappa shape index (κ3) is 5.70. The molecule has 1 unspecified atom stereocenters. The highest BCUT2D eigenvalue weighted by Crippen LogP contribution is 2.10. The van der Waals surface area contributed by atoms with Gasteiger partial charge in [0, 0.05) is 24.7 Å². The fourth-order valence-electron chi connectivity index (χ4n) is 1.92. The summed E-state index contributed by atoms with van der Waals surface area (Å²) in [6, 6.07) is 0.548. The van der Waals surface area contributed by atoms with Crippen LogP contribution in [0.1, 0.15) is 33.6 Å². The molecule has 2 N–H and O–H groups in total. The van der Waals surface area contributed by atoms with Crippen molar-refractivity contribution in [2.45, 2.75) is 45.2 Å². The minimum absolute atomic E-state index is 0. The number of rotatable bonds is 5. The highest BCUT2D eigenvalue weighted by molar-refractivity contribution is 5.85. The first-order valence-electron chi connectivity index (χ1n) is 6.17. The molecule has 0 aromatic rings. The number of likely N-dealkylation sites (tertiary alicyclic amines) is 1. The van der Waals surface area contributed by atoms with Gasteiger partial charge in [-0.15, -0.1) is 12.4 Å². The first kappa shape index (κ1) is 16.7. The molecule has 4 nitrogen and oxygen atoms in total. The van der Waals surface area contributed by atoms with Crippen LogP contribution >= 0.6 is 12.4 Å². The average molecular weight is 264 g/mol. The SMILES string of the molecule is CCC(C)(C)NC(=O)CN1CCC(NC)C1.Cl. The smallest absolute Gasteiger partial charge is 0.234 e. The maximum absolute atomic E-state index is 11.8. The number of carbonyl (C=O) groups excluding carboxylic acids is 1. The molecular formula is C12H26ClN3O. The van der Waals surface area contributed by atoms with Gasteiger partial charge < -0.3 is 10.6 Å². The molecule has 1 saturated heterocycles. The van der Waals surface area contributed by atoms with E-state index in [4.69, 9.17) is 0 Å². The molecule has 1 rings (SSSR count). The van der Waals surface area contributed by atoms with Gasteiger partial charge in [-0.1, -0.05) is 6.92 Å². The number of amides is 1. The molecule has 0 aromatic carbocycles. The molecule has 0 bridgehead atoms. The molecule has 1 amide bonds. The number of nitrogens with zero attached hydrogens (tertiary/aromatic N) is 1. The van der Waals surface area contributed by atoms with Crippen LogP contribution in [0.5, 0.6) is 0 Å². The fourth-order valence-corrected chi connectivity index (χ4v) is 1.92. The summed E-state index contributed by atoms with van der Waals surface area (Å²) in [5.41, 5.74) is -0.0841. The fraction of sp³-hybridized carbons (Fsp3) is 0.917. The predicted octanol–water partition coefficient (Wildman–Crippen LogP) is 1.01. The summed E-state index contributed by atoms with van der Waals surface area (Å²) in [4.78, 5) is 14.0. The van der Waals surface area contributed by atoms with Gasteiger partial charge >= 0.3 is 0 Å². The third-order valence-electron chi connectivity index (χ3n) is 3.41. The van der Waals surface area contributed by atoms with E-state index in [1.54, 1.807) is 0 Å². The van der Waals surface area contributed by atoms with E-state index in [0.29, 0.717) is 12.6 Å². The van der Waals surface area contributed by atoms with Gasteiger partial charge in [0.15, 0.2) is 0 Å². The van der Waals surface area contributed by atoms with E-state index in [0.717, 1.165) is 25.9 Å². The zero-order chi connectivity index (χ0) is 12.2. The van der Waals surface area contributed by atoms with E-state index in [2.05, 4.69) is 36.3 Å². The van der Waals surface area contributed by atoms with E-state index >= 15 is 0 Å². The maximum Gasteiger partial charge on any atom is 0.234 e. The monoisotopic (exact) mass is 263 g/mol. The number of carbonyl (C=O) groups is 1. The van der Waals surface area contributed by atoms with E-state index in [1.165, 1.54) is 0 Å². The molecule has 0 radical (unpaired) electrons. The zero-order valence-corrected chi connectivity index (χ0v) is 12.2. The summed E-state index contributed by atoms with van der Waals surface area (Å²) in [5.74, 6) is 0.142. The minimum Gasteiger partial charge on any atom is -0.350 e. The molecule has 17 heavy (non-hydrogen) atoms. The van der Waals surface area contributed by atoms with Crippen LogP contribution in [0, 0.1) is 0 Å². The molecule has 0 spiro atoms. The van der Waals surface area contributed by atoms with Crippen LogP contribution in [0.4, 0.5) is 0 Å². The van der Waals surface area contributed by atoms with E-state index < -0.39 is 0 Å². The van der Waals surface area contributed by atoms with Crippen molar-refractivity contribution < 1.29 is 4.79 Å². The van der Waals surface area contributed by atoms with Gasteiger partial charge in [-0.2, -0.15) is 0 Å². The Morgan fingerprint density at radius 3 is 2.59 bits per heavy atom. The topological polar surface area (TPSA) is 44.4 Å². The van der Waals surface area contributed by atoms with E-state index in [1.807, 2.05) is 7.05 Å². The Morgan fingerprint density at radius 1 is 1.47 bits per heavy atom. The molecule has 1 aliphatic heterocycles. The normalized spacial score (nSPS) is 21.1. The molecule has 0 saturated carbocycles. The number of hydrogen-bond donors (Lipinski definition) is 2. The summed E-state index contributed by atoms with van der Waals surface area (Å²) in [5, 5.41) is 6.32. The minimum atomic E-state index is -0.0841. The molecule has 1 atom stereocenters. The second-order valence-corrected chi connectivity index (χ2v) is 5.30. The molecule has 1 aliphatic rings. The Kier molecular flexibility index (Phi) is 7.05. The largest absolute Gasteiger partial charge is 0.350 e. The maximum atomic E-state index is 11.8. The average Bonchev–Trinajstić information content (AvgIpc) is 2.64. The highest BCUT2D eigenvalue weighted by Gasteiger charge is 2.24. The van der Waals surface area contributed by atoms with Crippen LogP contribution in [-0.4, -0.2) is 49.1 Å². The van der Waals surface area contributed by atoms with Crippen molar-refractivity contribution in [3.8, 4) is 0 Å². The van der Waals surface area contributed by atoms with Gasteiger partial charge in [0.2, 0.25) is 5.91 Å². The van der Waals surface area contributed by atoms with Crippen molar-refractivity contribution in [2.75, 3.05) is 26.7 Å². The van der Waals surface area contributed by atoms with Crippen LogP contribution in [0.2, 0.25) is 0 Å². The molecule has 0 aliphatic carbocycles. The Balaban J connectivity index is 0.00000256. The Morgan fingerprint density at radius 2 is 2.12 bits per heavy atom. The van der Waals surface area contributed by atoms with Crippen molar-refractivity contribution >= 4 is 18.3 Å². The Hall–Kier alpha value is -0.320. The van der Waals surface area contributed by atoms with Crippen molar-refractivity contribution in [3.63, 3.8) is 0 Å². The van der Waals surface area contributed by atoms with Crippen molar-refractivity contribution in [1.29, 1.82) is 0 Å². The number of likely N-dealkylation sites (N-methyl/N-ethyl adjacent to an activating group) is 1. The van der Waals surface area contributed by atoms with Crippen molar-refractivity contribution in [1.82, 2.24) is 15.5 Å². The second kappa shape index (κ2) is 7.19. The molecule has 1 fully saturated rings. The van der Waals surface area contributed by atoms with Gasteiger partial charge in [0.1, 0.15) is 0 Å².